The van der Waals surface area contributed by atoms with Gasteiger partial charge >= 0.3 is 0 Å². The van der Waals surface area contributed by atoms with E-state index in [-0.39, 0.29) is 0 Å². The molecule has 0 rings (SSSR count). The molecule has 0 heterocycles. The van der Waals surface area contributed by atoms with Crippen LogP contribution < -0.4 is 0 Å². The fourth-order valence-electron chi connectivity index (χ4n) is 0.669. The molecule has 0 aliphatic heterocycles. The molecule has 0 aliphatic rings. The first-order valence-corrected chi connectivity index (χ1v) is 3.75. The van der Waals surface area contributed by atoms with E-state index in [1.54, 1.807) is 6.92 Å². The van der Waals surface area contributed by atoms with Crippen molar-refractivity contribution in [2.45, 2.75) is 26.7 Å². The van der Waals surface area contributed by atoms with Gasteiger partial charge in [-0.05, 0) is 13.3 Å². The third-order valence-electron chi connectivity index (χ3n) is 1.29. The molecule has 0 aromatic carbocycles. The van der Waals surface area contributed by atoms with E-state index in [0.717, 1.165) is 12.1 Å². The number of nitrogens with zero attached hydrogens (tertiary/aromatic N) is 1. The average Bonchev–Trinajstić information content (AvgIpc) is 1.97. The van der Waals surface area contributed by atoms with Gasteiger partial charge in [-0.15, -0.1) is 0 Å². The van der Waals surface area contributed by atoms with Crippen molar-refractivity contribution in [3.63, 3.8) is 0 Å². The van der Waals surface area contributed by atoms with E-state index in [1.165, 1.54) is 6.21 Å². The van der Waals surface area contributed by atoms with Crippen LogP contribution in [0.3, 0.4) is 0 Å². The zero-order valence-electron chi connectivity index (χ0n) is 7.15. The summed E-state index contributed by atoms with van der Waals surface area (Å²) >= 11 is 0. The molecule has 2 N–H and O–H groups in total. The molecule has 62 valence electrons. The Labute approximate surface area is 67.6 Å². The summed E-state index contributed by atoms with van der Waals surface area (Å²) in [5.74, 6) is 0. The van der Waals surface area contributed by atoms with Crippen LogP contribution in [0.1, 0.15) is 26.7 Å². The summed E-state index contributed by atoms with van der Waals surface area (Å²) in [7, 11) is 0. The predicted molar refractivity (Wildman–Crippen MR) is 49.4 cm³/mol. The molecule has 0 amide bonds. The third-order valence-corrected chi connectivity index (χ3v) is 1.29. The Morgan fingerprint density at radius 3 is 2.55 bits per heavy atom. The van der Waals surface area contributed by atoms with Crippen molar-refractivity contribution in [3.8, 4) is 0 Å². The first-order valence-electron chi connectivity index (χ1n) is 3.75. The minimum Gasteiger partial charge on any atom is -0.313 e. The molecule has 0 bridgehead atoms. The maximum absolute atomic E-state index is 7.13. The van der Waals surface area contributed by atoms with Gasteiger partial charge in [0.1, 0.15) is 0 Å². The molecule has 3 nitrogen and oxygen atoms in total. The highest BCUT2D eigenvalue weighted by Gasteiger charge is 1.92. The highest BCUT2D eigenvalue weighted by atomic mass is 14.7. The van der Waals surface area contributed by atoms with Gasteiger partial charge < -0.3 is 10.8 Å². The van der Waals surface area contributed by atoms with Gasteiger partial charge in [0.05, 0.1) is 6.54 Å². The van der Waals surface area contributed by atoms with Crippen LogP contribution in [0.25, 0.3) is 0 Å². The van der Waals surface area contributed by atoms with Crippen LogP contribution >= 0.6 is 0 Å². The molecule has 0 unspecified atom stereocenters. The maximum Gasteiger partial charge on any atom is 0.0762 e. The second kappa shape index (κ2) is 5.77. The second-order valence-corrected chi connectivity index (χ2v) is 2.42. The Bertz CT molecular complexity index is 170. The van der Waals surface area contributed by atoms with E-state index < -0.39 is 0 Å². The van der Waals surface area contributed by atoms with E-state index in [1.807, 2.05) is 6.92 Å². The van der Waals surface area contributed by atoms with E-state index >= 15 is 0 Å². The third kappa shape index (κ3) is 5.45. The molecule has 0 aromatic rings. The summed E-state index contributed by atoms with van der Waals surface area (Å²) in [4.78, 5) is 4.17. The summed E-state index contributed by atoms with van der Waals surface area (Å²) in [6.45, 7) is 4.24. The lowest BCUT2D eigenvalue weighted by molar-refractivity contribution is 1.16. The van der Waals surface area contributed by atoms with Gasteiger partial charge in [-0.2, -0.15) is 0 Å². The predicted octanol–water partition coefficient (Wildman–Crippen LogP) is 1.92. The summed E-state index contributed by atoms with van der Waals surface area (Å²) in [6, 6.07) is 0. The number of nitrogens with one attached hydrogen (secondary N) is 2. The first-order chi connectivity index (χ1) is 5.20. The second-order valence-electron chi connectivity index (χ2n) is 2.42. The van der Waals surface area contributed by atoms with E-state index in [4.69, 9.17) is 10.8 Å². The monoisotopic (exact) mass is 153 g/mol. The SMILES string of the molecule is CC/C(CC=N)=N/CC(C)=N. The van der Waals surface area contributed by atoms with Crippen LogP contribution in [0.15, 0.2) is 4.99 Å². The molecule has 0 saturated heterocycles. The van der Waals surface area contributed by atoms with E-state index in [0.29, 0.717) is 18.7 Å². The van der Waals surface area contributed by atoms with Crippen LogP contribution in [-0.2, 0) is 0 Å². The number of aliphatic imine (C=N–C) groups is 1. The summed E-state index contributed by atoms with van der Waals surface area (Å²) in [5, 5.41) is 14.0. The van der Waals surface area contributed by atoms with E-state index in [2.05, 4.69) is 4.99 Å². The van der Waals surface area contributed by atoms with Gasteiger partial charge in [-0.3, -0.25) is 4.99 Å². The Morgan fingerprint density at radius 1 is 1.55 bits per heavy atom. The van der Waals surface area contributed by atoms with Crippen LogP contribution in [0.2, 0.25) is 0 Å². The standard InChI is InChI=1S/C8H15N3/c1-3-8(4-5-9)11-6-7(2)10/h5,9-10H,3-4,6H2,1-2H3/b9-5?,10-7?,11-8-. The molecule has 0 atom stereocenters. The fraction of sp³-hybridized carbons (Fsp3) is 0.625. The Balaban J connectivity index is 3.89. The number of hydrogen-bond donors (Lipinski definition) is 2. The Morgan fingerprint density at radius 2 is 2.18 bits per heavy atom. The van der Waals surface area contributed by atoms with Crippen molar-refractivity contribution in [1.82, 2.24) is 0 Å². The lowest BCUT2D eigenvalue weighted by Crippen LogP contribution is -2.02. The lowest BCUT2D eigenvalue weighted by Gasteiger charge is -1.97. The summed E-state index contributed by atoms with van der Waals surface area (Å²) in [5.41, 5.74) is 1.58. The molecule has 11 heavy (non-hydrogen) atoms. The van der Waals surface area contributed by atoms with Gasteiger partial charge in [-0.25, -0.2) is 0 Å². The van der Waals surface area contributed by atoms with Crippen molar-refractivity contribution >= 4 is 17.6 Å². The topological polar surface area (TPSA) is 60.1 Å². The fourth-order valence-corrected chi connectivity index (χ4v) is 0.669. The van der Waals surface area contributed by atoms with Crippen molar-refractivity contribution in [3.05, 3.63) is 0 Å². The molecule has 0 fully saturated rings. The maximum atomic E-state index is 7.13. The summed E-state index contributed by atoms with van der Waals surface area (Å²) in [6.07, 6.45) is 2.86. The molecular weight excluding hydrogens is 138 g/mol. The minimum absolute atomic E-state index is 0.483. The van der Waals surface area contributed by atoms with Crippen molar-refractivity contribution in [1.29, 1.82) is 10.8 Å². The van der Waals surface area contributed by atoms with Gasteiger partial charge in [0.15, 0.2) is 0 Å². The van der Waals surface area contributed by atoms with E-state index in [9.17, 15) is 0 Å². The smallest absolute Gasteiger partial charge is 0.0762 e. The molecule has 0 radical (unpaired) electrons. The van der Waals surface area contributed by atoms with Crippen molar-refractivity contribution in [2.75, 3.05) is 6.54 Å². The first kappa shape index (κ1) is 10.0. The highest BCUT2D eigenvalue weighted by molar-refractivity contribution is 5.96. The molecule has 3 heteroatoms. The minimum atomic E-state index is 0.483. The van der Waals surface area contributed by atoms with Gasteiger partial charge in [0, 0.05) is 24.1 Å². The normalized spacial score (nSPS) is 11.3. The molecule has 0 aromatic heterocycles. The quantitative estimate of drug-likeness (QED) is 0.567. The molecule has 0 aliphatic carbocycles. The van der Waals surface area contributed by atoms with Crippen LogP contribution in [0.5, 0.6) is 0 Å². The van der Waals surface area contributed by atoms with Crippen molar-refractivity contribution < 1.29 is 0 Å². The van der Waals surface area contributed by atoms with Gasteiger partial charge in [-0.1, -0.05) is 6.92 Å². The summed E-state index contributed by atoms with van der Waals surface area (Å²) < 4.78 is 0. The van der Waals surface area contributed by atoms with Crippen molar-refractivity contribution in [2.24, 2.45) is 4.99 Å². The molecule has 0 saturated carbocycles. The lowest BCUT2D eigenvalue weighted by atomic mass is 10.2. The van der Waals surface area contributed by atoms with Gasteiger partial charge in [0.2, 0.25) is 0 Å². The number of hydrogen-bond acceptors (Lipinski definition) is 3. The zero-order valence-corrected chi connectivity index (χ0v) is 7.15. The Hall–Kier alpha value is -0.990. The van der Waals surface area contributed by atoms with Crippen LogP contribution in [-0.4, -0.2) is 24.2 Å². The zero-order chi connectivity index (χ0) is 8.69. The Kier molecular flexibility index (Phi) is 5.25. The van der Waals surface area contributed by atoms with Gasteiger partial charge in [0.25, 0.3) is 0 Å². The average molecular weight is 153 g/mol. The highest BCUT2D eigenvalue weighted by Crippen LogP contribution is 1.90. The number of rotatable bonds is 5. The molecule has 0 spiro atoms. The van der Waals surface area contributed by atoms with Crippen LogP contribution in [0, 0.1) is 10.8 Å². The molecular formula is C8H15N3. The largest absolute Gasteiger partial charge is 0.313 e. The van der Waals surface area contributed by atoms with Crippen LogP contribution in [0.4, 0.5) is 0 Å².